The third kappa shape index (κ3) is 5.99. The SMILES string of the molecule is CN=C(NCCCNC(=O)C1CCC1)NC1CC(C)(C)Oc2ccccc21.I. The minimum atomic E-state index is -0.226. The van der Waals surface area contributed by atoms with Crippen LogP contribution in [0.15, 0.2) is 29.3 Å². The van der Waals surface area contributed by atoms with Gasteiger partial charge in [0, 0.05) is 38.0 Å². The van der Waals surface area contributed by atoms with Gasteiger partial charge in [0.2, 0.25) is 5.91 Å². The smallest absolute Gasteiger partial charge is 0.223 e. The summed E-state index contributed by atoms with van der Waals surface area (Å²) < 4.78 is 6.09. The van der Waals surface area contributed by atoms with Crippen LogP contribution in [0.1, 0.15) is 57.6 Å². The zero-order valence-corrected chi connectivity index (χ0v) is 19.4. The van der Waals surface area contributed by atoms with E-state index in [-0.39, 0.29) is 47.4 Å². The van der Waals surface area contributed by atoms with Crippen molar-refractivity contribution in [2.24, 2.45) is 10.9 Å². The fraction of sp³-hybridized carbons (Fsp3) is 0.619. The number of para-hydroxylation sites is 1. The van der Waals surface area contributed by atoms with Crippen LogP contribution < -0.4 is 20.7 Å². The van der Waals surface area contributed by atoms with E-state index >= 15 is 0 Å². The molecule has 1 fully saturated rings. The van der Waals surface area contributed by atoms with Crippen molar-refractivity contribution in [3.63, 3.8) is 0 Å². The highest BCUT2D eigenvalue weighted by Gasteiger charge is 2.33. The van der Waals surface area contributed by atoms with Crippen molar-refractivity contribution >= 4 is 35.8 Å². The number of hydrogen-bond acceptors (Lipinski definition) is 3. The van der Waals surface area contributed by atoms with Crippen LogP contribution in [-0.2, 0) is 4.79 Å². The first-order valence-electron chi connectivity index (χ1n) is 10.0. The van der Waals surface area contributed by atoms with E-state index in [0.717, 1.165) is 49.5 Å². The quantitative estimate of drug-likeness (QED) is 0.242. The molecule has 0 saturated heterocycles. The summed E-state index contributed by atoms with van der Waals surface area (Å²) in [5.74, 6) is 2.17. The molecule has 1 aliphatic carbocycles. The summed E-state index contributed by atoms with van der Waals surface area (Å²) in [4.78, 5) is 16.2. The monoisotopic (exact) mass is 500 g/mol. The highest BCUT2D eigenvalue weighted by molar-refractivity contribution is 14.0. The van der Waals surface area contributed by atoms with Crippen molar-refractivity contribution < 1.29 is 9.53 Å². The van der Waals surface area contributed by atoms with E-state index in [1.165, 1.54) is 6.42 Å². The van der Waals surface area contributed by atoms with Gasteiger partial charge in [-0.1, -0.05) is 24.6 Å². The van der Waals surface area contributed by atoms with E-state index in [4.69, 9.17) is 4.74 Å². The van der Waals surface area contributed by atoms with Gasteiger partial charge in [0.05, 0.1) is 6.04 Å². The van der Waals surface area contributed by atoms with Crippen molar-refractivity contribution in [3.05, 3.63) is 29.8 Å². The number of nitrogens with one attached hydrogen (secondary N) is 3. The van der Waals surface area contributed by atoms with Crippen molar-refractivity contribution in [1.82, 2.24) is 16.0 Å². The molecule has 1 heterocycles. The maximum atomic E-state index is 11.8. The number of rotatable bonds is 6. The Kier molecular flexibility index (Phi) is 8.39. The second-order valence-electron chi connectivity index (χ2n) is 8.07. The van der Waals surface area contributed by atoms with Gasteiger partial charge in [-0.15, -0.1) is 24.0 Å². The molecule has 0 aromatic heterocycles. The van der Waals surface area contributed by atoms with E-state index in [1.807, 2.05) is 18.2 Å². The Labute approximate surface area is 185 Å². The number of ether oxygens (including phenoxy) is 1. The van der Waals surface area contributed by atoms with Gasteiger partial charge in [-0.3, -0.25) is 9.79 Å². The van der Waals surface area contributed by atoms with Gasteiger partial charge in [0.25, 0.3) is 0 Å². The lowest BCUT2D eigenvalue weighted by Crippen LogP contribution is -2.45. The molecule has 3 rings (SSSR count). The van der Waals surface area contributed by atoms with Crippen LogP contribution in [0, 0.1) is 5.92 Å². The van der Waals surface area contributed by atoms with E-state index in [1.54, 1.807) is 7.05 Å². The molecular formula is C21H33IN4O2. The van der Waals surface area contributed by atoms with E-state index in [2.05, 4.69) is 40.9 Å². The largest absolute Gasteiger partial charge is 0.487 e. The van der Waals surface area contributed by atoms with Gasteiger partial charge in [0.1, 0.15) is 11.4 Å². The summed E-state index contributed by atoms with van der Waals surface area (Å²) in [7, 11) is 1.78. The molecule has 1 aliphatic heterocycles. The third-order valence-electron chi connectivity index (χ3n) is 5.33. The maximum absolute atomic E-state index is 11.8. The average Bonchev–Trinajstić information content (AvgIpc) is 2.57. The predicted octanol–water partition coefficient (Wildman–Crippen LogP) is 3.38. The first-order valence-corrected chi connectivity index (χ1v) is 10.0. The number of carbonyl (C=O) groups is 1. The predicted molar refractivity (Wildman–Crippen MR) is 123 cm³/mol. The third-order valence-corrected chi connectivity index (χ3v) is 5.33. The number of nitrogens with zero attached hydrogens (tertiary/aromatic N) is 1. The molecule has 1 amide bonds. The van der Waals surface area contributed by atoms with Crippen LogP contribution in [0.4, 0.5) is 0 Å². The molecular weight excluding hydrogens is 467 g/mol. The lowest BCUT2D eigenvalue weighted by Gasteiger charge is -2.38. The highest BCUT2D eigenvalue weighted by Crippen LogP contribution is 2.39. The molecule has 0 spiro atoms. The van der Waals surface area contributed by atoms with Crippen LogP contribution in [0.2, 0.25) is 0 Å². The highest BCUT2D eigenvalue weighted by atomic mass is 127. The van der Waals surface area contributed by atoms with Crippen LogP contribution >= 0.6 is 24.0 Å². The fourth-order valence-corrected chi connectivity index (χ4v) is 3.61. The van der Waals surface area contributed by atoms with Crippen molar-refractivity contribution in [2.45, 2.75) is 57.6 Å². The lowest BCUT2D eigenvalue weighted by atomic mass is 9.85. The Balaban J connectivity index is 0.00000280. The Morgan fingerprint density at radius 3 is 2.61 bits per heavy atom. The summed E-state index contributed by atoms with van der Waals surface area (Å²) in [6.45, 7) is 5.68. The van der Waals surface area contributed by atoms with Gasteiger partial charge in [-0.05, 0) is 39.2 Å². The zero-order chi connectivity index (χ0) is 19.3. The second kappa shape index (κ2) is 10.3. The number of halogens is 1. The first-order chi connectivity index (χ1) is 13.0. The second-order valence-corrected chi connectivity index (χ2v) is 8.07. The lowest BCUT2D eigenvalue weighted by molar-refractivity contribution is -0.127. The van der Waals surface area contributed by atoms with Gasteiger partial charge in [0.15, 0.2) is 5.96 Å². The molecule has 1 saturated carbocycles. The Bertz CT molecular complexity index is 689. The summed E-state index contributed by atoms with van der Waals surface area (Å²) in [6.07, 6.45) is 5.01. The first kappa shape index (κ1) is 22.8. The molecule has 1 unspecified atom stereocenters. The number of hydrogen-bond donors (Lipinski definition) is 3. The molecule has 156 valence electrons. The van der Waals surface area contributed by atoms with Gasteiger partial charge in [-0.2, -0.15) is 0 Å². The van der Waals surface area contributed by atoms with E-state index in [0.29, 0.717) is 6.54 Å². The van der Waals surface area contributed by atoms with Crippen LogP contribution in [0.5, 0.6) is 5.75 Å². The van der Waals surface area contributed by atoms with E-state index < -0.39 is 0 Å². The van der Waals surface area contributed by atoms with Crippen LogP contribution in [0.3, 0.4) is 0 Å². The summed E-state index contributed by atoms with van der Waals surface area (Å²) in [5, 5.41) is 9.90. The molecule has 0 radical (unpaired) electrons. The molecule has 2 aliphatic rings. The number of fused-ring (bicyclic) bond motifs is 1. The number of aliphatic imine (C=N–C) groups is 1. The molecule has 28 heavy (non-hydrogen) atoms. The maximum Gasteiger partial charge on any atom is 0.223 e. The van der Waals surface area contributed by atoms with Crippen molar-refractivity contribution in [3.8, 4) is 5.75 Å². The van der Waals surface area contributed by atoms with E-state index in [9.17, 15) is 4.79 Å². The minimum absolute atomic E-state index is 0. The molecule has 6 nitrogen and oxygen atoms in total. The summed E-state index contributed by atoms with van der Waals surface area (Å²) >= 11 is 0. The Morgan fingerprint density at radius 1 is 1.21 bits per heavy atom. The molecule has 3 N–H and O–H groups in total. The number of carbonyl (C=O) groups excluding carboxylic acids is 1. The summed E-state index contributed by atoms with van der Waals surface area (Å²) in [5.41, 5.74) is 0.934. The normalized spacial score (nSPS) is 20.7. The van der Waals surface area contributed by atoms with Crippen LogP contribution in [-0.4, -0.2) is 37.6 Å². The molecule has 7 heteroatoms. The standard InChI is InChI=1S/C21H32N4O2.HI/c1-21(2)14-17(16-10-4-5-11-18(16)27-21)25-20(22-3)24-13-7-12-23-19(26)15-8-6-9-15;/h4-5,10-11,15,17H,6-9,12-14H2,1-3H3,(H,23,26)(H2,22,24,25);1H. The average molecular weight is 500 g/mol. The Morgan fingerprint density at radius 2 is 1.93 bits per heavy atom. The molecule has 0 bridgehead atoms. The summed E-state index contributed by atoms with van der Waals surface area (Å²) in [6, 6.07) is 8.31. The molecule has 1 aromatic carbocycles. The van der Waals surface area contributed by atoms with Crippen molar-refractivity contribution in [1.29, 1.82) is 0 Å². The van der Waals surface area contributed by atoms with Gasteiger partial charge < -0.3 is 20.7 Å². The number of benzene rings is 1. The topological polar surface area (TPSA) is 74.8 Å². The molecule has 1 atom stereocenters. The van der Waals surface area contributed by atoms with Crippen LogP contribution in [0.25, 0.3) is 0 Å². The van der Waals surface area contributed by atoms with Gasteiger partial charge >= 0.3 is 0 Å². The minimum Gasteiger partial charge on any atom is -0.487 e. The fourth-order valence-electron chi connectivity index (χ4n) is 3.61. The number of amides is 1. The van der Waals surface area contributed by atoms with Gasteiger partial charge in [-0.25, -0.2) is 0 Å². The molecule has 1 aromatic rings. The Hall–Kier alpha value is -1.51. The number of guanidine groups is 1. The van der Waals surface area contributed by atoms with Crippen molar-refractivity contribution in [2.75, 3.05) is 20.1 Å². The zero-order valence-electron chi connectivity index (χ0n) is 17.1.